The Labute approximate surface area is 92.1 Å². The van der Waals surface area contributed by atoms with E-state index in [9.17, 15) is 4.39 Å². The maximum atomic E-state index is 12.8. The summed E-state index contributed by atoms with van der Waals surface area (Å²) in [4.78, 5) is 0. The molecule has 0 atom stereocenters. The van der Waals surface area contributed by atoms with Crippen molar-refractivity contribution in [3.8, 4) is 6.07 Å². The van der Waals surface area contributed by atoms with Crippen molar-refractivity contribution in [1.82, 2.24) is 0 Å². The standard InChI is InChI=1S/C9H4Br2FN/c10-9(11)4-7-3-8(12)2-1-6(7)5-13/h1-4H. The third kappa shape index (κ3) is 2.94. The van der Waals surface area contributed by atoms with Gasteiger partial charge in [-0.15, -0.1) is 0 Å². The minimum Gasteiger partial charge on any atom is -0.207 e. The van der Waals surface area contributed by atoms with Gasteiger partial charge in [-0.05, 0) is 61.7 Å². The third-order valence-electron chi connectivity index (χ3n) is 1.40. The average Bonchev–Trinajstić information content (AvgIpc) is 2.03. The highest BCUT2D eigenvalue weighted by Gasteiger charge is 2.00. The summed E-state index contributed by atoms with van der Waals surface area (Å²) < 4.78 is 13.4. The zero-order chi connectivity index (χ0) is 9.84. The summed E-state index contributed by atoms with van der Waals surface area (Å²) in [6.45, 7) is 0. The normalized spacial score (nSPS) is 9.08. The second-order valence-electron chi connectivity index (χ2n) is 2.28. The highest BCUT2D eigenvalue weighted by atomic mass is 79.9. The van der Waals surface area contributed by atoms with Crippen molar-refractivity contribution in [2.45, 2.75) is 0 Å². The van der Waals surface area contributed by atoms with E-state index < -0.39 is 0 Å². The molecule has 0 unspecified atom stereocenters. The molecule has 0 heterocycles. The highest BCUT2D eigenvalue weighted by molar-refractivity contribution is 9.28. The fraction of sp³-hybridized carbons (Fsp3) is 0. The molecule has 1 aromatic carbocycles. The van der Waals surface area contributed by atoms with E-state index in [1.54, 1.807) is 6.08 Å². The van der Waals surface area contributed by atoms with E-state index in [0.717, 1.165) is 0 Å². The first-order valence-corrected chi connectivity index (χ1v) is 4.94. The van der Waals surface area contributed by atoms with E-state index in [2.05, 4.69) is 31.9 Å². The van der Waals surface area contributed by atoms with Gasteiger partial charge in [-0.2, -0.15) is 5.26 Å². The molecular formula is C9H4Br2FN. The minimum absolute atomic E-state index is 0.355. The van der Waals surface area contributed by atoms with E-state index in [1.807, 2.05) is 6.07 Å². The fourth-order valence-electron chi connectivity index (χ4n) is 0.872. The molecule has 0 aliphatic heterocycles. The Morgan fingerprint density at radius 3 is 2.69 bits per heavy atom. The predicted molar refractivity (Wildman–Crippen MR) is 56.9 cm³/mol. The molecule has 0 bridgehead atoms. The number of nitriles is 1. The van der Waals surface area contributed by atoms with E-state index in [4.69, 9.17) is 5.26 Å². The van der Waals surface area contributed by atoms with Gasteiger partial charge in [0.05, 0.1) is 15.0 Å². The van der Waals surface area contributed by atoms with E-state index >= 15 is 0 Å². The molecule has 0 saturated carbocycles. The lowest BCUT2D eigenvalue weighted by Crippen LogP contribution is -1.83. The van der Waals surface area contributed by atoms with Crippen LogP contribution in [0.15, 0.2) is 21.6 Å². The molecule has 0 radical (unpaired) electrons. The molecule has 1 nitrogen and oxygen atoms in total. The van der Waals surface area contributed by atoms with Crippen LogP contribution in [0.1, 0.15) is 11.1 Å². The Morgan fingerprint density at radius 1 is 1.46 bits per heavy atom. The van der Waals surface area contributed by atoms with Crippen LogP contribution in [0.5, 0.6) is 0 Å². The van der Waals surface area contributed by atoms with Gasteiger partial charge in [0.15, 0.2) is 0 Å². The molecule has 0 aliphatic rings. The number of hydrogen-bond donors (Lipinski definition) is 0. The molecule has 0 aromatic heterocycles. The van der Waals surface area contributed by atoms with Gasteiger partial charge in [-0.1, -0.05) is 0 Å². The van der Waals surface area contributed by atoms with Gasteiger partial charge in [0.1, 0.15) is 5.82 Å². The van der Waals surface area contributed by atoms with Gasteiger partial charge >= 0.3 is 0 Å². The molecule has 66 valence electrons. The first-order valence-electron chi connectivity index (χ1n) is 3.36. The number of hydrogen-bond acceptors (Lipinski definition) is 1. The van der Waals surface area contributed by atoms with Crippen molar-refractivity contribution in [1.29, 1.82) is 5.26 Å². The van der Waals surface area contributed by atoms with Crippen LogP contribution < -0.4 is 0 Å². The van der Waals surface area contributed by atoms with Gasteiger partial charge in [0.2, 0.25) is 0 Å². The number of benzene rings is 1. The van der Waals surface area contributed by atoms with Crippen LogP contribution in [0, 0.1) is 17.1 Å². The van der Waals surface area contributed by atoms with Crippen LogP contribution in [0.3, 0.4) is 0 Å². The van der Waals surface area contributed by atoms with Gasteiger partial charge in [-0.3, -0.25) is 0 Å². The fourth-order valence-corrected chi connectivity index (χ4v) is 1.37. The largest absolute Gasteiger partial charge is 0.207 e. The molecule has 4 heteroatoms. The number of rotatable bonds is 1. The Hall–Kier alpha value is -0.660. The van der Waals surface area contributed by atoms with Gasteiger partial charge < -0.3 is 0 Å². The Bertz CT molecular complexity index is 389. The summed E-state index contributed by atoms with van der Waals surface area (Å²) in [5.41, 5.74) is 0.990. The van der Waals surface area contributed by atoms with E-state index in [1.165, 1.54) is 18.2 Å². The lowest BCUT2D eigenvalue weighted by molar-refractivity contribution is 0.627. The second-order valence-corrected chi connectivity index (χ2v) is 5.05. The zero-order valence-corrected chi connectivity index (χ0v) is 9.56. The van der Waals surface area contributed by atoms with E-state index in [0.29, 0.717) is 14.5 Å². The van der Waals surface area contributed by atoms with Crippen LogP contribution in [0.4, 0.5) is 4.39 Å². The monoisotopic (exact) mass is 303 g/mol. The molecule has 0 aliphatic carbocycles. The molecule has 1 aromatic rings. The highest BCUT2D eigenvalue weighted by Crippen LogP contribution is 2.20. The molecule has 13 heavy (non-hydrogen) atoms. The Balaban J connectivity index is 3.26. The molecule has 0 spiro atoms. The van der Waals surface area contributed by atoms with Crippen molar-refractivity contribution in [3.05, 3.63) is 38.5 Å². The van der Waals surface area contributed by atoms with Crippen LogP contribution >= 0.6 is 31.9 Å². The predicted octanol–water partition coefficient (Wildman–Crippen LogP) is 3.79. The number of nitrogens with zero attached hydrogens (tertiary/aromatic N) is 1. The third-order valence-corrected chi connectivity index (χ3v) is 1.86. The number of halogens is 3. The van der Waals surface area contributed by atoms with Crippen molar-refractivity contribution >= 4 is 37.9 Å². The van der Waals surface area contributed by atoms with Crippen LogP contribution in [-0.2, 0) is 0 Å². The molecule has 0 saturated heterocycles. The Morgan fingerprint density at radius 2 is 2.15 bits per heavy atom. The maximum absolute atomic E-state index is 12.8. The zero-order valence-electron chi connectivity index (χ0n) is 6.39. The lowest BCUT2D eigenvalue weighted by atomic mass is 10.1. The maximum Gasteiger partial charge on any atom is 0.123 e. The average molecular weight is 305 g/mol. The SMILES string of the molecule is N#Cc1ccc(F)cc1C=C(Br)Br. The summed E-state index contributed by atoms with van der Waals surface area (Å²) in [5.74, 6) is -0.355. The molecular weight excluding hydrogens is 301 g/mol. The van der Waals surface area contributed by atoms with Crippen molar-refractivity contribution in [2.24, 2.45) is 0 Å². The summed E-state index contributed by atoms with van der Waals surface area (Å²) >= 11 is 6.29. The summed E-state index contributed by atoms with van der Waals surface area (Å²) in [6, 6.07) is 5.99. The van der Waals surface area contributed by atoms with Crippen molar-refractivity contribution in [3.63, 3.8) is 0 Å². The van der Waals surface area contributed by atoms with Crippen molar-refractivity contribution in [2.75, 3.05) is 0 Å². The lowest BCUT2D eigenvalue weighted by Gasteiger charge is -1.97. The topological polar surface area (TPSA) is 23.8 Å². The summed E-state index contributed by atoms with van der Waals surface area (Å²) in [6.07, 6.45) is 1.63. The van der Waals surface area contributed by atoms with Gasteiger partial charge in [0, 0.05) is 0 Å². The van der Waals surface area contributed by atoms with Crippen LogP contribution in [-0.4, -0.2) is 0 Å². The molecule has 0 N–H and O–H groups in total. The molecule has 0 amide bonds. The Kier molecular flexibility index (Phi) is 3.64. The van der Waals surface area contributed by atoms with Gasteiger partial charge in [0.25, 0.3) is 0 Å². The summed E-state index contributed by atoms with van der Waals surface area (Å²) in [5, 5.41) is 8.69. The first kappa shape index (κ1) is 10.4. The smallest absolute Gasteiger partial charge is 0.123 e. The quantitative estimate of drug-likeness (QED) is 0.774. The molecule has 1 rings (SSSR count). The van der Waals surface area contributed by atoms with Crippen molar-refractivity contribution < 1.29 is 4.39 Å². The first-order chi connectivity index (χ1) is 6.13. The second kappa shape index (κ2) is 4.54. The van der Waals surface area contributed by atoms with Crippen LogP contribution in [0.25, 0.3) is 6.08 Å². The minimum atomic E-state index is -0.355. The van der Waals surface area contributed by atoms with Gasteiger partial charge in [-0.25, -0.2) is 4.39 Å². The van der Waals surface area contributed by atoms with Crippen LogP contribution in [0.2, 0.25) is 0 Å². The summed E-state index contributed by atoms with van der Waals surface area (Å²) in [7, 11) is 0. The van der Waals surface area contributed by atoms with E-state index in [-0.39, 0.29) is 5.82 Å². The molecule has 0 fully saturated rings.